The largest absolute Gasteiger partial charge is 0.493 e. The Balaban J connectivity index is 1.36. The minimum atomic E-state index is 0.0792. The molecule has 0 bridgehead atoms. The molecule has 1 unspecified atom stereocenters. The van der Waals surface area contributed by atoms with Crippen LogP contribution in [0.5, 0.6) is 28.7 Å². The molecule has 1 atom stereocenters. The van der Waals surface area contributed by atoms with Crippen LogP contribution >= 0.6 is 0 Å². The van der Waals surface area contributed by atoms with Gasteiger partial charge < -0.3 is 33.5 Å². The van der Waals surface area contributed by atoms with Crippen molar-refractivity contribution in [2.75, 3.05) is 61.7 Å². The molecule has 4 rings (SSSR count). The Morgan fingerprint density at radius 3 is 2.14 bits per heavy atom. The fourth-order valence-electron chi connectivity index (χ4n) is 5.23. The molecule has 2 heterocycles. The lowest BCUT2D eigenvalue weighted by molar-refractivity contribution is 0.0703. The third-order valence-corrected chi connectivity index (χ3v) is 7.01. The number of carbonyl (C=O) groups excluding carboxylic acids is 1. The Morgan fingerprint density at radius 2 is 1.51 bits per heavy atom. The van der Waals surface area contributed by atoms with E-state index < -0.39 is 0 Å². The predicted octanol–water partition coefficient (Wildman–Crippen LogP) is 3.64. The number of benzene rings is 2. The third kappa shape index (κ3) is 5.27. The van der Waals surface area contributed by atoms with Crippen LogP contribution in [0.2, 0.25) is 0 Å². The van der Waals surface area contributed by atoms with Gasteiger partial charge in [-0.15, -0.1) is 0 Å². The lowest BCUT2D eigenvalue weighted by Gasteiger charge is -2.34. The standard InChI is InChI=1S/C27H36N2O6/c1-31-22-13-20-17-29(27(30)21(20)14-23(22)32-2)16-19-7-6-9-28(15-19)10-8-18-11-24(33-3)26(35-5)25(12-18)34-4/h11-14,19H,6-10,15-17H2,1-5H3. The summed E-state index contributed by atoms with van der Waals surface area (Å²) in [5.74, 6) is 3.76. The summed E-state index contributed by atoms with van der Waals surface area (Å²) in [5, 5.41) is 0. The minimum Gasteiger partial charge on any atom is -0.493 e. The summed E-state index contributed by atoms with van der Waals surface area (Å²) in [6.45, 7) is 4.38. The maximum absolute atomic E-state index is 13.1. The highest BCUT2D eigenvalue weighted by molar-refractivity contribution is 5.99. The van der Waals surface area contributed by atoms with E-state index in [1.54, 1.807) is 41.6 Å². The first-order chi connectivity index (χ1) is 17.0. The van der Waals surface area contributed by atoms with Gasteiger partial charge in [-0.25, -0.2) is 0 Å². The predicted molar refractivity (Wildman–Crippen MR) is 133 cm³/mol. The van der Waals surface area contributed by atoms with Crippen molar-refractivity contribution < 1.29 is 28.5 Å². The molecular weight excluding hydrogens is 448 g/mol. The highest BCUT2D eigenvalue weighted by atomic mass is 16.5. The van der Waals surface area contributed by atoms with Crippen LogP contribution in [0.25, 0.3) is 0 Å². The Hall–Kier alpha value is -3.13. The van der Waals surface area contributed by atoms with Crippen molar-refractivity contribution in [2.24, 2.45) is 5.92 Å². The molecule has 190 valence electrons. The van der Waals surface area contributed by atoms with Gasteiger partial charge in [-0.3, -0.25) is 4.79 Å². The molecule has 8 heteroatoms. The molecule has 2 aromatic carbocycles. The smallest absolute Gasteiger partial charge is 0.254 e. The minimum absolute atomic E-state index is 0.0792. The van der Waals surface area contributed by atoms with Crippen LogP contribution in [-0.2, 0) is 13.0 Å². The van der Waals surface area contributed by atoms with E-state index in [4.69, 9.17) is 23.7 Å². The van der Waals surface area contributed by atoms with Gasteiger partial charge in [0.2, 0.25) is 5.75 Å². The summed E-state index contributed by atoms with van der Waals surface area (Å²) in [6.07, 6.45) is 3.15. The Bertz CT molecular complexity index is 1030. The maximum atomic E-state index is 13.1. The molecule has 0 aliphatic carbocycles. The van der Waals surface area contributed by atoms with Crippen molar-refractivity contribution in [3.8, 4) is 28.7 Å². The molecule has 2 aliphatic heterocycles. The van der Waals surface area contributed by atoms with Crippen LogP contribution in [0.15, 0.2) is 24.3 Å². The molecule has 0 aromatic heterocycles. The molecule has 0 saturated carbocycles. The highest BCUT2D eigenvalue weighted by Crippen LogP contribution is 2.39. The summed E-state index contributed by atoms with van der Waals surface area (Å²) in [7, 11) is 8.11. The van der Waals surface area contributed by atoms with Crippen molar-refractivity contribution in [1.29, 1.82) is 0 Å². The van der Waals surface area contributed by atoms with Crippen molar-refractivity contribution in [2.45, 2.75) is 25.8 Å². The number of ether oxygens (including phenoxy) is 5. The first kappa shape index (κ1) is 25.0. The molecule has 1 saturated heterocycles. The van der Waals surface area contributed by atoms with Crippen molar-refractivity contribution in [3.63, 3.8) is 0 Å². The van der Waals surface area contributed by atoms with E-state index >= 15 is 0 Å². The summed E-state index contributed by atoms with van der Waals surface area (Å²) in [4.78, 5) is 17.6. The molecule has 8 nitrogen and oxygen atoms in total. The molecule has 1 fully saturated rings. The SMILES string of the molecule is COc1cc2c(cc1OC)C(=O)N(CC1CCCN(CCc3cc(OC)c(OC)c(OC)c3)C1)C2. The summed E-state index contributed by atoms with van der Waals surface area (Å²) in [5.41, 5.74) is 2.87. The number of piperidine rings is 1. The van der Waals surface area contributed by atoms with Crippen LogP contribution in [0.1, 0.15) is 34.3 Å². The topological polar surface area (TPSA) is 69.7 Å². The second-order valence-corrected chi connectivity index (χ2v) is 9.14. The van der Waals surface area contributed by atoms with E-state index in [-0.39, 0.29) is 5.91 Å². The molecule has 2 aliphatic rings. The second kappa shape index (κ2) is 11.1. The fourth-order valence-corrected chi connectivity index (χ4v) is 5.23. The average molecular weight is 485 g/mol. The normalized spacial score (nSPS) is 17.8. The van der Waals surface area contributed by atoms with Crippen molar-refractivity contribution in [1.82, 2.24) is 9.80 Å². The van der Waals surface area contributed by atoms with Crippen LogP contribution in [0, 0.1) is 5.92 Å². The van der Waals surface area contributed by atoms with Gasteiger partial charge in [-0.05, 0) is 67.1 Å². The number of amides is 1. The number of methoxy groups -OCH3 is 5. The Labute approximate surface area is 207 Å². The van der Waals surface area contributed by atoms with E-state index in [0.29, 0.717) is 41.2 Å². The Morgan fingerprint density at radius 1 is 0.857 bits per heavy atom. The molecule has 0 spiro atoms. The van der Waals surface area contributed by atoms with Crippen molar-refractivity contribution >= 4 is 5.91 Å². The number of fused-ring (bicyclic) bond motifs is 1. The number of rotatable bonds is 10. The first-order valence-corrected chi connectivity index (χ1v) is 12.1. The molecule has 35 heavy (non-hydrogen) atoms. The molecule has 2 aromatic rings. The van der Waals surface area contributed by atoms with Gasteiger partial charge in [0.25, 0.3) is 5.91 Å². The number of nitrogens with zero attached hydrogens (tertiary/aromatic N) is 2. The summed E-state index contributed by atoms with van der Waals surface area (Å²) in [6, 6.07) is 7.77. The lowest BCUT2D eigenvalue weighted by Crippen LogP contribution is -2.41. The van der Waals surface area contributed by atoms with Crippen LogP contribution in [-0.4, -0.2) is 77.4 Å². The zero-order valence-electron chi connectivity index (χ0n) is 21.4. The number of hydrogen-bond acceptors (Lipinski definition) is 7. The van der Waals surface area contributed by atoms with Crippen LogP contribution in [0.3, 0.4) is 0 Å². The second-order valence-electron chi connectivity index (χ2n) is 9.14. The van der Waals surface area contributed by atoms with Gasteiger partial charge in [0.05, 0.1) is 35.5 Å². The molecule has 1 amide bonds. The number of hydrogen-bond donors (Lipinski definition) is 0. The van der Waals surface area contributed by atoms with Gasteiger partial charge in [0.15, 0.2) is 23.0 Å². The van der Waals surface area contributed by atoms with E-state index in [9.17, 15) is 4.79 Å². The number of likely N-dealkylation sites (tertiary alicyclic amines) is 1. The summed E-state index contributed by atoms with van der Waals surface area (Å²) < 4.78 is 27.2. The van der Waals surface area contributed by atoms with Gasteiger partial charge in [0, 0.05) is 31.7 Å². The van der Waals surface area contributed by atoms with Crippen molar-refractivity contribution in [3.05, 3.63) is 41.0 Å². The van der Waals surface area contributed by atoms with Gasteiger partial charge >= 0.3 is 0 Å². The molecule has 0 N–H and O–H groups in total. The van der Waals surface area contributed by atoms with E-state index in [2.05, 4.69) is 4.90 Å². The average Bonchev–Trinajstić information content (AvgIpc) is 3.19. The Kier molecular flexibility index (Phi) is 7.90. The molecule has 0 radical (unpaired) electrons. The lowest BCUT2D eigenvalue weighted by atomic mass is 9.97. The summed E-state index contributed by atoms with van der Waals surface area (Å²) >= 11 is 0. The van der Waals surface area contributed by atoms with Gasteiger partial charge in [-0.2, -0.15) is 0 Å². The van der Waals surface area contributed by atoms with Crippen LogP contribution < -0.4 is 23.7 Å². The zero-order chi connectivity index (χ0) is 24.9. The van der Waals surface area contributed by atoms with Gasteiger partial charge in [0.1, 0.15) is 0 Å². The number of carbonyl (C=O) groups is 1. The quantitative estimate of drug-likeness (QED) is 0.510. The maximum Gasteiger partial charge on any atom is 0.254 e. The first-order valence-electron chi connectivity index (χ1n) is 12.1. The van der Waals surface area contributed by atoms with E-state index in [1.165, 1.54) is 0 Å². The monoisotopic (exact) mass is 484 g/mol. The zero-order valence-corrected chi connectivity index (χ0v) is 21.4. The van der Waals surface area contributed by atoms with Gasteiger partial charge in [-0.1, -0.05) is 0 Å². The fraction of sp³-hybridized carbons (Fsp3) is 0.519. The van der Waals surface area contributed by atoms with Crippen LogP contribution in [0.4, 0.5) is 0 Å². The highest BCUT2D eigenvalue weighted by Gasteiger charge is 2.32. The van der Waals surface area contributed by atoms with E-state index in [1.807, 2.05) is 23.1 Å². The third-order valence-electron chi connectivity index (χ3n) is 7.01. The van der Waals surface area contributed by atoms with E-state index in [0.717, 1.165) is 62.1 Å². The molecular formula is C27H36N2O6.